The van der Waals surface area contributed by atoms with Crippen LogP contribution in [0, 0.1) is 5.41 Å². The van der Waals surface area contributed by atoms with Crippen molar-refractivity contribution in [2.45, 2.75) is 58.9 Å². The zero-order chi connectivity index (χ0) is 15.0. The highest BCUT2D eigenvalue weighted by Crippen LogP contribution is 2.36. The smallest absolute Gasteiger partial charge is 0.0328 e. The van der Waals surface area contributed by atoms with E-state index in [-0.39, 0.29) is 0 Å². The van der Waals surface area contributed by atoms with Crippen molar-refractivity contribution in [1.82, 2.24) is 10.2 Å². The molecule has 1 fully saturated rings. The van der Waals surface area contributed by atoms with Crippen molar-refractivity contribution >= 4 is 11.3 Å². The number of hydrogen-bond acceptors (Lipinski definition) is 3. The van der Waals surface area contributed by atoms with Crippen LogP contribution in [0.15, 0.2) is 17.5 Å². The maximum Gasteiger partial charge on any atom is 0.0328 e. The monoisotopic (exact) mass is 308 g/mol. The Morgan fingerprint density at radius 2 is 1.95 bits per heavy atom. The molecule has 120 valence electrons. The van der Waals surface area contributed by atoms with E-state index in [2.05, 4.69) is 41.6 Å². The van der Waals surface area contributed by atoms with Crippen LogP contribution in [-0.4, -0.2) is 31.1 Å². The Bertz CT molecular complexity index is 367. The minimum absolute atomic E-state index is 0.500. The molecule has 0 aliphatic heterocycles. The lowest BCUT2D eigenvalue weighted by Crippen LogP contribution is -2.43. The lowest BCUT2D eigenvalue weighted by molar-refractivity contribution is 0.127. The second-order valence-corrected chi connectivity index (χ2v) is 7.61. The summed E-state index contributed by atoms with van der Waals surface area (Å²) in [5.41, 5.74) is 0.500. The normalized spacial score (nSPS) is 18.8. The molecule has 1 aromatic rings. The SMILES string of the molecule is CCNCC1(CN(CC)Cc2cccs2)CCCCCC1. The van der Waals surface area contributed by atoms with Crippen molar-refractivity contribution < 1.29 is 0 Å². The second-order valence-electron chi connectivity index (χ2n) is 6.58. The lowest BCUT2D eigenvalue weighted by Gasteiger charge is -2.38. The highest BCUT2D eigenvalue weighted by molar-refractivity contribution is 7.09. The third-order valence-corrected chi connectivity index (χ3v) is 5.74. The Hall–Kier alpha value is -0.380. The van der Waals surface area contributed by atoms with E-state index in [4.69, 9.17) is 0 Å². The van der Waals surface area contributed by atoms with Gasteiger partial charge >= 0.3 is 0 Å². The van der Waals surface area contributed by atoms with E-state index in [1.165, 1.54) is 56.5 Å². The summed E-state index contributed by atoms with van der Waals surface area (Å²) >= 11 is 1.89. The molecule has 0 unspecified atom stereocenters. The van der Waals surface area contributed by atoms with E-state index < -0.39 is 0 Å². The maximum absolute atomic E-state index is 3.65. The Labute approximate surface area is 134 Å². The molecule has 0 spiro atoms. The molecule has 1 aliphatic rings. The van der Waals surface area contributed by atoms with Crippen molar-refractivity contribution in [2.24, 2.45) is 5.41 Å². The molecular formula is C18H32N2S. The van der Waals surface area contributed by atoms with Gasteiger partial charge < -0.3 is 5.32 Å². The predicted molar refractivity (Wildman–Crippen MR) is 93.9 cm³/mol. The van der Waals surface area contributed by atoms with Crippen molar-refractivity contribution in [3.63, 3.8) is 0 Å². The molecule has 0 saturated heterocycles. The van der Waals surface area contributed by atoms with Gasteiger partial charge in [-0.25, -0.2) is 0 Å². The summed E-state index contributed by atoms with van der Waals surface area (Å²) in [7, 11) is 0. The third kappa shape index (κ3) is 5.39. The zero-order valence-corrected chi connectivity index (χ0v) is 14.7. The Morgan fingerprint density at radius 1 is 1.19 bits per heavy atom. The Morgan fingerprint density at radius 3 is 2.52 bits per heavy atom. The molecule has 1 aliphatic carbocycles. The molecular weight excluding hydrogens is 276 g/mol. The third-order valence-electron chi connectivity index (χ3n) is 4.88. The van der Waals surface area contributed by atoms with Gasteiger partial charge in [-0.3, -0.25) is 4.90 Å². The molecule has 0 atom stereocenters. The van der Waals surface area contributed by atoms with Crippen molar-refractivity contribution in [3.8, 4) is 0 Å². The zero-order valence-electron chi connectivity index (χ0n) is 13.9. The largest absolute Gasteiger partial charge is 0.316 e. The van der Waals surface area contributed by atoms with Crippen molar-refractivity contribution in [3.05, 3.63) is 22.4 Å². The molecule has 2 nitrogen and oxygen atoms in total. The molecule has 21 heavy (non-hydrogen) atoms. The quantitative estimate of drug-likeness (QED) is 0.710. The first-order valence-corrected chi connectivity index (χ1v) is 9.61. The van der Waals surface area contributed by atoms with Gasteiger partial charge in [-0.15, -0.1) is 11.3 Å². The summed E-state index contributed by atoms with van der Waals surface area (Å²) in [4.78, 5) is 4.16. The standard InChI is InChI=1S/C18H32N2S/c1-3-19-15-18(11-7-5-6-8-12-18)16-20(4-2)14-17-10-9-13-21-17/h9-10,13,19H,3-8,11-12,14-16H2,1-2H3. The summed E-state index contributed by atoms with van der Waals surface area (Å²) in [6.07, 6.45) is 8.52. The van der Waals surface area contributed by atoms with Gasteiger partial charge in [0.25, 0.3) is 0 Å². The van der Waals surface area contributed by atoms with Crippen LogP contribution in [0.5, 0.6) is 0 Å². The first-order valence-electron chi connectivity index (χ1n) is 8.73. The fourth-order valence-electron chi connectivity index (χ4n) is 3.64. The van der Waals surface area contributed by atoms with Crippen LogP contribution in [0.4, 0.5) is 0 Å². The van der Waals surface area contributed by atoms with Crippen LogP contribution < -0.4 is 5.32 Å². The Kier molecular flexibility index (Phi) is 7.21. The highest BCUT2D eigenvalue weighted by Gasteiger charge is 2.32. The molecule has 0 amide bonds. The summed E-state index contributed by atoms with van der Waals surface area (Å²) in [5, 5.41) is 5.85. The van der Waals surface area contributed by atoms with E-state index in [0.29, 0.717) is 5.41 Å². The van der Waals surface area contributed by atoms with Crippen molar-refractivity contribution in [1.29, 1.82) is 0 Å². The van der Waals surface area contributed by atoms with E-state index in [0.717, 1.165) is 19.6 Å². The topological polar surface area (TPSA) is 15.3 Å². The molecule has 0 aromatic carbocycles. The fraction of sp³-hybridized carbons (Fsp3) is 0.778. The summed E-state index contributed by atoms with van der Waals surface area (Å²) in [6, 6.07) is 4.45. The molecule has 1 N–H and O–H groups in total. The van der Waals surface area contributed by atoms with Gasteiger partial charge in [-0.2, -0.15) is 0 Å². The minimum Gasteiger partial charge on any atom is -0.316 e. The van der Waals surface area contributed by atoms with E-state index >= 15 is 0 Å². The molecule has 0 bridgehead atoms. The molecule has 3 heteroatoms. The number of rotatable bonds is 8. The number of nitrogens with one attached hydrogen (secondary N) is 1. The average Bonchev–Trinajstić information content (AvgIpc) is 2.90. The fourth-order valence-corrected chi connectivity index (χ4v) is 4.38. The van der Waals surface area contributed by atoms with Crippen LogP contribution in [0.1, 0.15) is 57.2 Å². The predicted octanol–water partition coefficient (Wildman–Crippen LogP) is 4.52. The summed E-state index contributed by atoms with van der Waals surface area (Å²) in [5.74, 6) is 0. The van der Waals surface area contributed by atoms with Crippen molar-refractivity contribution in [2.75, 3.05) is 26.2 Å². The van der Waals surface area contributed by atoms with Gasteiger partial charge in [-0.05, 0) is 42.8 Å². The van der Waals surface area contributed by atoms with Gasteiger partial charge in [0, 0.05) is 24.5 Å². The van der Waals surface area contributed by atoms with Crippen LogP contribution in [0.2, 0.25) is 0 Å². The van der Waals surface area contributed by atoms with Gasteiger partial charge in [0.15, 0.2) is 0 Å². The number of thiophene rings is 1. The van der Waals surface area contributed by atoms with Gasteiger partial charge in [0.05, 0.1) is 0 Å². The number of nitrogens with zero attached hydrogens (tertiary/aromatic N) is 1. The maximum atomic E-state index is 3.65. The van der Waals surface area contributed by atoms with Crippen LogP contribution >= 0.6 is 11.3 Å². The molecule has 1 aromatic heterocycles. The van der Waals surface area contributed by atoms with Gasteiger partial charge in [0.1, 0.15) is 0 Å². The van der Waals surface area contributed by atoms with Gasteiger partial charge in [-0.1, -0.05) is 45.6 Å². The summed E-state index contributed by atoms with van der Waals surface area (Å²) in [6.45, 7) is 10.4. The van der Waals surface area contributed by atoms with Crippen LogP contribution in [0.25, 0.3) is 0 Å². The minimum atomic E-state index is 0.500. The van der Waals surface area contributed by atoms with Gasteiger partial charge in [0.2, 0.25) is 0 Å². The molecule has 0 radical (unpaired) electrons. The van der Waals surface area contributed by atoms with E-state index in [9.17, 15) is 0 Å². The first kappa shape index (κ1) is 17.0. The Balaban J connectivity index is 2.00. The molecule has 2 rings (SSSR count). The number of hydrogen-bond donors (Lipinski definition) is 1. The van der Waals surface area contributed by atoms with Crippen LogP contribution in [-0.2, 0) is 6.54 Å². The molecule has 1 heterocycles. The first-order chi connectivity index (χ1) is 10.3. The highest BCUT2D eigenvalue weighted by atomic mass is 32.1. The second kappa shape index (κ2) is 8.92. The lowest BCUT2D eigenvalue weighted by atomic mass is 9.79. The average molecular weight is 309 g/mol. The van der Waals surface area contributed by atoms with E-state index in [1.54, 1.807) is 0 Å². The summed E-state index contributed by atoms with van der Waals surface area (Å²) < 4.78 is 0. The van der Waals surface area contributed by atoms with E-state index in [1.807, 2.05) is 11.3 Å². The molecule has 1 saturated carbocycles. The van der Waals surface area contributed by atoms with Crippen LogP contribution in [0.3, 0.4) is 0 Å².